The molecular weight excluding hydrogens is 760 g/mol. The number of aromatic nitrogens is 2. The molecule has 1 fully saturated rings. The molecule has 298 valence electrons. The van der Waals surface area contributed by atoms with Gasteiger partial charge in [0.15, 0.2) is 0 Å². The lowest BCUT2D eigenvalue weighted by molar-refractivity contribution is -0.0926. The highest BCUT2D eigenvalue weighted by Crippen LogP contribution is 2.44. The number of nitrogens with one attached hydrogen (secondary N) is 1. The molecule has 0 unspecified atom stereocenters. The number of benzene rings is 4. The molecule has 12 nitrogen and oxygen atoms in total. The molecule has 6 rings (SSSR count). The predicted octanol–water partition coefficient (Wildman–Crippen LogP) is 8.99. The summed E-state index contributed by atoms with van der Waals surface area (Å²) in [6.45, 7) is 9.19. The van der Waals surface area contributed by atoms with Gasteiger partial charge in [-0.3, -0.25) is 9.40 Å². The largest absolute Gasteiger partial charge is 0.497 e. The Balaban J connectivity index is 1.46. The van der Waals surface area contributed by atoms with Gasteiger partial charge in [-0.2, -0.15) is 4.98 Å². The Kier molecular flexibility index (Phi) is 13.4. The number of nitrogens with zero attached hydrogens (tertiary/aromatic N) is 5. The van der Waals surface area contributed by atoms with Gasteiger partial charge in [-0.15, -0.1) is 0 Å². The van der Waals surface area contributed by atoms with Crippen LogP contribution in [-0.2, 0) is 26.0 Å². The number of methoxy groups -OCH3 is 2. The first-order chi connectivity index (χ1) is 27.6. The second-order valence-electron chi connectivity index (χ2n) is 14.6. The number of halogens is 1. The van der Waals surface area contributed by atoms with Gasteiger partial charge >= 0.3 is 5.69 Å². The van der Waals surface area contributed by atoms with Crippen molar-refractivity contribution in [2.45, 2.75) is 75.8 Å². The molecule has 5 aromatic rings. The Morgan fingerprint density at radius 2 is 1.47 bits per heavy atom. The maximum atomic E-state index is 13.4. The van der Waals surface area contributed by atoms with E-state index in [0.29, 0.717) is 6.42 Å². The van der Waals surface area contributed by atoms with Crippen molar-refractivity contribution >= 4 is 31.1 Å². The average Bonchev–Trinajstić information content (AvgIpc) is 3.64. The van der Waals surface area contributed by atoms with Crippen LogP contribution >= 0.6 is 11.8 Å². The zero-order chi connectivity index (χ0) is 40.6. The molecule has 57 heavy (non-hydrogen) atoms. The summed E-state index contributed by atoms with van der Waals surface area (Å²) in [4.78, 5) is 22.8. The Labute approximate surface area is 339 Å². The molecule has 0 bridgehead atoms. The summed E-state index contributed by atoms with van der Waals surface area (Å²) < 4.78 is 34.3. The van der Waals surface area contributed by atoms with Gasteiger partial charge in [-0.1, -0.05) is 112 Å². The van der Waals surface area contributed by atoms with E-state index in [1.54, 1.807) is 26.5 Å². The molecule has 1 N–H and O–H groups in total. The Morgan fingerprint density at radius 1 is 0.895 bits per heavy atom. The fraction of sp³-hybridized carbons (Fsp3) is 0.349. The molecule has 1 saturated heterocycles. The number of hydrogen-bond acceptors (Lipinski definition) is 9. The molecule has 0 radical (unpaired) electrons. The number of hydrogen-bond donors (Lipinski definition) is 1. The monoisotopic (exact) mass is 808 g/mol. The summed E-state index contributed by atoms with van der Waals surface area (Å²) in [5.74, 6) is 1.68. The van der Waals surface area contributed by atoms with Crippen LogP contribution in [0.1, 0.15) is 62.6 Å². The average molecular weight is 809 g/mol. The second kappa shape index (κ2) is 18.4. The zero-order valence-corrected chi connectivity index (χ0v) is 34.8. The summed E-state index contributed by atoms with van der Waals surface area (Å²) in [5, 5.41) is 4.87. The highest BCUT2D eigenvalue weighted by atomic mass is 35.5. The van der Waals surface area contributed by atoms with Gasteiger partial charge in [-0.05, 0) is 74.4 Å². The zero-order valence-electron chi connectivity index (χ0n) is 33.0. The molecule has 14 heteroatoms. The van der Waals surface area contributed by atoms with Gasteiger partial charge in [0.05, 0.1) is 33.5 Å². The summed E-state index contributed by atoms with van der Waals surface area (Å²) in [6.07, 6.45) is 0.216. The fourth-order valence-electron chi connectivity index (χ4n) is 8.02. The summed E-state index contributed by atoms with van der Waals surface area (Å²) in [5.41, 5.74) is 11.2. The molecule has 1 aromatic heterocycles. The van der Waals surface area contributed by atoms with E-state index in [1.807, 2.05) is 78.9 Å². The van der Waals surface area contributed by atoms with E-state index in [-0.39, 0.29) is 30.1 Å². The van der Waals surface area contributed by atoms with E-state index in [9.17, 15) is 4.79 Å². The molecule has 1 aliphatic rings. The summed E-state index contributed by atoms with van der Waals surface area (Å²) >= 11 is 5.79. The second-order valence-corrected chi connectivity index (χ2v) is 19.5. The first kappa shape index (κ1) is 41.5. The molecular formula is C43H49ClN6O6Si. The van der Waals surface area contributed by atoms with E-state index < -0.39 is 38.0 Å². The van der Waals surface area contributed by atoms with Crippen molar-refractivity contribution in [1.29, 1.82) is 0 Å². The Bertz CT molecular complexity index is 2130. The van der Waals surface area contributed by atoms with Crippen LogP contribution in [0.3, 0.4) is 0 Å². The number of rotatable bonds is 17. The van der Waals surface area contributed by atoms with Gasteiger partial charge in [0.25, 0.3) is 0 Å². The van der Waals surface area contributed by atoms with Crippen LogP contribution in [0.4, 0.5) is 5.82 Å². The van der Waals surface area contributed by atoms with Gasteiger partial charge in [0.1, 0.15) is 35.2 Å². The smallest absolute Gasteiger partial charge is 0.351 e. The van der Waals surface area contributed by atoms with Crippen molar-refractivity contribution in [2.24, 2.45) is 5.11 Å². The van der Waals surface area contributed by atoms with Crippen molar-refractivity contribution in [2.75, 3.05) is 25.7 Å². The maximum absolute atomic E-state index is 13.4. The SMILES string of the molecule is COc1ccc(C(OC[C@H]2O[C@@H](n3ccc(NCl)nc3=O)C[C@@H]2O[Si](c2ccc(CN=[N+]=[N-])cc2)(C(C)C)C(C)C)(c2ccccc2)c2ccc(OC)cc2)cc1. The van der Waals surface area contributed by atoms with Crippen molar-refractivity contribution in [3.8, 4) is 11.5 Å². The third-order valence-electron chi connectivity index (χ3n) is 10.8. The quantitative estimate of drug-likeness (QED) is 0.0245. The van der Waals surface area contributed by atoms with Crippen LogP contribution in [-0.4, -0.2) is 50.9 Å². The van der Waals surface area contributed by atoms with Crippen LogP contribution in [0, 0.1) is 0 Å². The van der Waals surface area contributed by atoms with Gasteiger partial charge in [0, 0.05) is 29.3 Å². The Hall–Kier alpha value is -5.14. The van der Waals surface area contributed by atoms with Crippen molar-refractivity contribution in [3.05, 3.63) is 159 Å². The fourth-order valence-corrected chi connectivity index (χ4v) is 12.9. The van der Waals surface area contributed by atoms with Crippen molar-refractivity contribution in [1.82, 2.24) is 9.55 Å². The lowest BCUT2D eigenvalue weighted by Gasteiger charge is -2.42. The third-order valence-corrected chi connectivity index (χ3v) is 16.4. The molecule has 2 heterocycles. The van der Waals surface area contributed by atoms with Crippen LogP contribution in [0.2, 0.25) is 11.1 Å². The first-order valence-electron chi connectivity index (χ1n) is 19.0. The van der Waals surface area contributed by atoms with Gasteiger partial charge in [0.2, 0.25) is 8.32 Å². The topological polar surface area (TPSA) is 142 Å². The molecule has 0 spiro atoms. The van der Waals surface area contributed by atoms with Crippen LogP contribution < -0.4 is 25.2 Å². The minimum absolute atomic E-state index is 0.101. The van der Waals surface area contributed by atoms with E-state index >= 15 is 0 Å². The molecule has 0 saturated carbocycles. The highest BCUT2D eigenvalue weighted by molar-refractivity contribution is 6.88. The molecule has 0 aliphatic carbocycles. The molecule has 4 aromatic carbocycles. The lowest BCUT2D eigenvalue weighted by atomic mass is 9.80. The van der Waals surface area contributed by atoms with E-state index in [0.717, 1.165) is 38.9 Å². The summed E-state index contributed by atoms with van der Waals surface area (Å²) in [6, 6.07) is 35.7. The standard InChI is InChI=1S/C43H49ClN6O6Si/c1-29(2)57(30(3)4,37-22-12-31(13-23-37)27-46-49-45)56-38-26-41(50-25-24-40(48-44)47-42(50)51)55-39(38)28-54-43(32-10-8-7-9-11-32,33-14-18-35(52-5)19-15-33)34-16-20-36(53-6)21-17-34/h7-25,29-30,38-39,41H,26-28H2,1-6H3,(H,47,48,51)/t38-,39+,41+/m0/s1. The summed E-state index contributed by atoms with van der Waals surface area (Å²) in [7, 11) is 0.453. The van der Waals surface area contributed by atoms with Crippen molar-refractivity contribution in [3.63, 3.8) is 0 Å². The van der Waals surface area contributed by atoms with E-state index in [1.165, 1.54) is 4.57 Å². The van der Waals surface area contributed by atoms with E-state index in [2.05, 4.69) is 71.8 Å². The lowest BCUT2D eigenvalue weighted by Crippen LogP contribution is -2.59. The molecule has 0 amide bonds. The first-order valence-corrected chi connectivity index (χ1v) is 21.4. The van der Waals surface area contributed by atoms with Gasteiger partial charge in [-0.25, -0.2) is 4.79 Å². The number of anilines is 1. The number of azide groups is 1. The Morgan fingerprint density at radius 3 is 1.98 bits per heavy atom. The normalized spacial score (nSPS) is 17.0. The molecule has 1 aliphatic heterocycles. The minimum Gasteiger partial charge on any atom is -0.497 e. The third kappa shape index (κ3) is 8.59. The minimum atomic E-state index is -2.83. The van der Waals surface area contributed by atoms with E-state index in [4.69, 9.17) is 40.7 Å². The van der Waals surface area contributed by atoms with Crippen LogP contribution in [0.25, 0.3) is 10.4 Å². The maximum Gasteiger partial charge on any atom is 0.351 e. The van der Waals surface area contributed by atoms with Crippen molar-refractivity contribution < 1.29 is 23.4 Å². The van der Waals surface area contributed by atoms with Gasteiger partial charge < -0.3 is 23.4 Å². The van der Waals surface area contributed by atoms with Crippen LogP contribution in [0.5, 0.6) is 11.5 Å². The predicted molar refractivity (Wildman–Crippen MR) is 225 cm³/mol. The van der Waals surface area contributed by atoms with Crippen LogP contribution in [0.15, 0.2) is 125 Å². The molecule has 3 atom stereocenters. The highest BCUT2D eigenvalue weighted by Gasteiger charge is 2.50. The number of ether oxygens (including phenoxy) is 4.